The number of benzene rings is 1. The lowest BCUT2D eigenvalue weighted by Gasteiger charge is -2.33. The van der Waals surface area contributed by atoms with Crippen LogP contribution in [0.2, 0.25) is 0 Å². The number of hydrogen-bond donors (Lipinski definition) is 2. The van der Waals surface area contributed by atoms with Crippen LogP contribution in [-0.4, -0.2) is 108 Å². The monoisotopic (exact) mass is 727 g/mol. The van der Waals surface area contributed by atoms with Gasteiger partial charge in [-0.3, -0.25) is 14.7 Å². The Labute approximate surface area is 304 Å². The second-order valence-corrected chi connectivity index (χ2v) is 15.3. The minimum absolute atomic E-state index is 0.129. The number of morpholine rings is 1. The van der Waals surface area contributed by atoms with Gasteiger partial charge in [0.25, 0.3) is 0 Å². The summed E-state index contributed by atoms with van der Waals surface area (Å²) in [5, 5.41) is 9.12. The van der Waals surface area contributed by atoms with Gasteiger partial charge in [0.2, 0.25) is 5.91 Å². The highest BCUT2D eigenvalue weighted by Gasteiger charge is 2.29. The number of thiazole rings is 2. The maximum absolute atomic E-state index is 14.4. The molecule has 1 aliphatic heterocycles. The van der Waals surface area contributed by atoms with Crippen LogP contribution in [0, 0.1) is 5.92 Å². The lowest BCUT2D eigenvalue weighted by Crippen LogP contribution is -2.54. The van der Waals surface area contributed by atoms with Crippen molar-refractivity contribution in [2.24, 2.45) is 5.92 Å². The van der Waals surface area contributed by atoms with Crippen LogP contribution in [0.3, 0.4) is 0 Å². The van der Waals surface area contributed by atoms with Gasteiger partial charge < -0.3 is 29.9 Å². The number of hydrogen-bond acceptors (Lipinski definition) is 10. The number of urea groups is 1. The maximum atomic E-state index is 14.4. The zero-order valence-corrected chi connectivity index (χ0v) is 31.6. The van der Waals surface area contributed by atoms with E-state index in [1.165, 1.54) is 11.3 Å². The minimum Gasteiger partial charge on any atom is -0.444 e. The van der Waals surface area contributed by atoms with Crippen molar-refractivity contribution in [3.63, 3.8) is 0 Å². The molecule has 4 rings (SSSR count). The summed E-state index contributed by atoms with van der Waals surface area (Å²) in [6, 6.07) is 8.63. The van der Waals surface area contributed by atoms with Gasteiger partial charge in [0.1, 0.15) is 12.6 Å². The van der Waals surface area contributed by atoms with Gasteiger partial charge in [-0.2, -0.15) is 0 Å². The summed E-state index contributed by atoms with van der Waals surface area (Å²) >= 11 is 3.02. The highest BCUT2D eigenvalue weighted by molar-refractivity contribution is 7.09. The van der Waals surface area contributed by atoms with Crippen molar-refractivity contribution in [1.82, 2.24) is 35.3 Å². The van der Waals surface area contributed by atoms with Crippen molar-refractivity contribution in [3.05, 3.63) is 68.6 Å². The Hall–Kier alpha value is -3.59. The highest BCUT2D eigenvalue weighted by atomic mass is 32.1. The standard InChI is InChI=1S/C36H53N7O5S2/c1-26(2)21-43(14-11-29(19-28-9-7-6-8-10-28)39-36(46)48-23-31-20-37-25-50-31)34(44)32(12-13-42-15-17-47-18-16-42)40-35(45)41(5)22-30-24-49-33(38-30)27(3)4/h6-10,20,24-27,29,32H,11-19,21-23H2,1-5H3,(H,39,46)(H,40,45)/t29-,32+/m1/s1. The third kappa shape index (κ3) is 13.3. The molecule has 274 valence electrons. The molecule has 1 aliphatic rings. The summed E-state index contributed by atoms with van der Waals surface area (Å²) in [4.78, 5) is 56.1. The molecule has 0 saturated carbocycles. The van der Waals surface area contributed by atoms with Gasteiger partial charge in [0.15, 0.2) is 0 Å². The number of alkyl carbamates (subject to hydrolysis) is 1. The summed E-state index contributed by atoms with van der Waals surface area (Å²) in [6.45, 7) is 13.3. The molecule has 3 aromatic rings. The first-order valence-corrected chi connectivity index (χ1v) is 19.2. The summed E-state index contributed by atoms with van der Waals surface area (Å²) in [6.07, 6.45) is 2.73. The maximum Gasteiger partial charge on any atom is 0.407 e. The molecule has 0 unspecified atom stereocenters. The Morgan fingerprint density at radius 1 is 1.04 bits per heavy atom. The van der Waals surface area contributed by atoms with Crippen molar-refractivity contribution in [2.45, 2.75) is 78.1 Å². The first-order valence-electron chi connectivity index (χ1n) is 17.5. The molecule has 0 spiro atoms. The molecule has 2 atom stereocenters. The normalized spacial score (nSPS) is 14.7. The van der Waals surface area contributed by atoms with E-state index in [4.69, 9.17) is 9.47 Å². The van der Waals surface area contributed by atoms with Crippen LogP contribution >= 0.6 is 22.7 Å². The fourth-order valence-electron chi connectivity index (χ4n) is 5.67. The minimum atomic E-state index is -0.724. The van der Waals surface area contributed by atoms with Crippen molar-refractivity contribution in [1.29, 1.82) is 0 Å². The van der Waals surface area contributed by atoms with Gasteiger partial charge in [-0.15, -0.1) is 22.7 Å². The van der Waals surface area contributed by atoms with Gasteiger partial charge in [0.05, 0.1) is 40.8 Å². The molecular formula is C36H53N7O5S2. The number of nitrogens with zero attached hydrogens (tertiary/aromatic N) is 5. The topological polar surface area (TPSA) is 129 Å². The highest BCUT2D eigenvalue weighted by Crippen LogP contribution is 2.20. The largest absolute Gasteiger partial charge is 0.444 e. The fourth-order valence-corrected chi connectivity index (χ4v) is 7.01. The Morgan fingerprint density at radius 3 is 2.46 bits per heavy atom. The van der Waals surface area contributed by atoms with Gasteiger partial charge in [-0.1, -0.05) is 58.0 Å². The number of amides is 4. The number of rotatable bonds is 18. The first kappa shape index (κ1) is 39.2. The molecule has 2 aromatic heterocycles. The van der Waals surface area contributed by atoms with Crippen LogP contribution in [-0.2, 0) is 33.8 Å². The lowest BCUT2D eigenvalue weighted by molar-refractivity contribution is -0.134. The molecule has 0 bridgehead atoms. The van der Waals surface area contributed by atoms with E-state index < -0.39 is 12.1 Å². The number of ether oxygens (including phenoxy) is 2. The smallest absolute Gasteiger partial charge is 0.407 e. The molecule has 1 aromatic carbocycles. The van der Waals surface area contributed by atoms with E-state index in [0.717, 1.165) is 34.2 Å². The number of carbonyl (C=O) groups is 3. The SMILES string of the molecule is CC(C)CN(CC[C@H](Cc1ccccc1)NC(=O)OCc1cncs1)C(=O)[C@H](CCN1CCOCC1)NC(=O)N(C)Cc1csc(C(C)C)n1. The van der Waals surface area contributed by atoms with Crippen molar-refractivity contribution in [2.75, 3.05) is 53.0 Å². The van der Waals surface area contributed by atoms with E-state index in [2.05, 4.69) is 53.2 Å². The summed E-state index contributed by atoms with van der Waals surface area (Å²) in [5.41, 5.74) is 3.60. The zero-order chi connectivity index (χ0) is 35.9. The zero-order valence-electron chi connectivity index (χ0n) is 30.0. The lowest BCUT2D eigenvalue weighted by atomic mass is 10.0. The van der Waals surface area contributed by atoms with Gasteiger partial charge in [-0.05, 0) is 30.7 Å². The average molecular weight is 728 g/mol. The van der Waals surface area contributed by atoms with Crippen LogP contribution in [0.25, 0.3) is 0 Å². The molecular weight excluding hydrogens is 675 g/mol. The fraction of sp³-hybridized carbons (Fsp3) is 0.583. The molecule has 12 nitrogen and oxygen atoms in total. The van der Waals surface area contributed by atoms with E-state index in [9.17, 15) is 14.4 Å². The quantitative estimate of drug-likeness (QED) is 0.179. The van der Waals surface area contributed by atoms with Gasteiger partial charge in [-0.25, -0.2) is 14.6 Å². The van der Waals surface area contributed by atoms with E-state index in [1.54, 1.807) is 35.0 Å². The van der Waals surface area contributed by atoms with Crippen molar-refractivity contribution >= 4 is 40.7 Å². The van der Waals surface area contributed by atoms with E-state index in [1.807, 2.05) is 40.6 Å². The van der Waals surface area contributed by atoms with Crippen LogP contribution < -0.4 is 10.6 Å². The number of nitrogens with one attached hydrogen (secondary N) is 2. The molecule has 50 heavy (non-hydrogen) atoms. The van der Waals surface area contributed by atoms with E-state index in [-0.39, 0.29) is 30.5 Å². The molecule has 4 amide bonds. The Morgan fingerprint density at radius 2 is 1.80 bits per heavy atom. The predicted molar refractivity (Wildman–Crippen MR) is 197 cm³/mol. The summed E-state index contributed by atoms with van der Waals surface area (Å²) < 4.78 is 11.0. The molecule has 2 N–H and O–H groups in total. The Bertz CT molecular complexity index is 1450. The molecule has 14 heteroatoms. The third-order valence-electron chi connectivity index (χ3n) is 8.36. The average Bonchev–Trinajstić information content (AvgIpc) is 3.81. The second kappa shape index (κ2) is 20.3. The third-order valence-corrected chi connectivity index (χ3v) is 10.3. The summed E-state index contributed by atoms with van der Waals surface area (Å²) in [5.74, 6) is 0.386. The van der Waals surface area contributed by atoms with Gasteiger partial charge in [0, 0.05) is 63.3 Å². The molecule has 0 aliphatic carbocycles. The Balaban J connectivity index is 1.46. The molecule has 0 radical (unpaired) electrons. The molecule has 3 heterocycles. The van der Waals surface area contributed by atoms with Crippen LogP contribution in [0.5, 0.6) is 0 Å². The number of aromatic nitrogens is 2. The van der Waals surface area contributed by atoms with Gasteiger partial charge >= 0.3 is 12.1 Å². The van der Waals surface area contributed by atoms with Crippen molar-refractivity contribution < 1.29 is 23.9 Å². The van der Waals surface area contributed by atoms with Crippen LogP contribution in [0.4, 0.5) is 9.59 Å². The van der Waals surface area contributed by atoms with Crippen LogP contribution in [0.15, 0.2) is 47.4 Å². The number of carbonyl (C=O) groups excluding carboxylic acids is 3. The first-order chi connectivity index (χ1) is 24.1. The summed E-state index contributed by atoms with van der Waals surface area (Å²) in [7, 11) is 1.73. The second-order valence-electron chi connectivity index (χ2n) is 13.5. The Kier molecular flexibility index (Phi) is 15.9. The molecule has 1 saturated heterocycles. The molecule has 1 fully saturated rings. The van der Waals surface area contributed by atoms with E-state index in [0.29, 0.717) is 64.6 Å². The van der Waals surface area contributed by atoms with Crippen LogP contribution in [0.1, 0.15) is 67.6 Å². The van der Waals surface area contributed by atoms with E-state index >= 15 is 0 Å². The predicted octanol–water partition coefficient (Wildman–Crippen LogP) is 5.37. The van der Waals surface area contributed by atoms with Crippen molar-refractivity contribution in [3.8, 4) is 0 Å².